The zero-order valence-electron chi connectivity index (χ0n) is 12.4. The Morgan fingerprint density at radius 3 is 2.12 bits per heavy atom. The number of benzene rings is 2. The van der Waals surface area contributed by atoms with Crippen LogP contribution >= 0.6 is 0 Å². The van der Waals surface area contributed by atoms with Gasteiger partial charge in [-0.3, -0.25) is 15.1 Å². The van der Waals surface area contributed by atoms with Crippen LogP contribution in [-0.4, -0.2) is 18.3 Å². The summed E-state index contributed by atoms with van der Waals surface area (Å²) in [7, 11) is -3.80. The van der Waals surface area contributed by atoms with E-state index in [0.717, 1.165) is 5.56 Å². The van der Waals surface area contributed by atoms with Crippen molar-refractivity contribution >= 4 is 15.5 Å². The maximum Gasteiger partial charge on any atom is 0.269 e. The van der Waals surface area contributed by atoms with Gasteiger partial charge < -0.3 is 0 Å². The molecule has 24 heavy (non-hydrogen) atoms. The minimum absolute atomic E-state index is 0.00889. The lowest BCUT2D eigenvalue weighted by Crippen LogP contribution is -2.04. The molecule has 0 radical (unpaired) electrons. The summed E-state index contributed by atoms with van der Waals surface area (Å²) in [6.07, 6.45) is 3.18. The Morgan fingerprint density at radius 2 is 1.50 bits per heavy atom. The monoisotopic (exact) mass is 340 g/mol. The van der Waals surface area contributed by atoms with Crippen molar-refractivity contribution in [1.82, 2.24) is 4.98 Å². The standard InChI is InChI=1S/C17H12N2O4S/c20-19(21)14-5-7-15(8-6-14)24(22,23)17-4-2-1-3-16(17)13-9-11-18-12-10-13/h1-12H. The molecule has 0 N–H and O–H groups in total. The van der Waals surface area contributed by atoms with Crippen LogP contribution in [0, 0.1) is 10.1 Å². The third-order valence-corrected chi connectivity index (χ3v) is 5.35. The summed E-state index contributed by atoms with van der Waals surface area (Å²) in [4.78, 5) is 14.2. The fourth-order valence-electron chi connectivity index (χ4n) is 2.34. The van der Waals surface area contributed by atoms with Gasteiger partial charge in [-0.1, -0.05) is 18.2 Å². The molecule has 3 rings (SSSR count). The van der Waals surface area contributed by atoms with Crippen LogP contribution in [0.1, 0.15) is 0 Å². The van der Waals surface area contributed by atoms with E-state index in [9.17, 15) is 18.5 Å². The van der Waals surface area contributed by atoms with Gasteiger partial charge in [-0.05, 0) is 35.9 Å². The molecular weight excluding hydrogens is 328 g/mol. The molecule has 1 heterocycles. The summed E-state index contributed by atoms with van der Waals surface area (Å²) in [5, 5.41) is 10.7. The van der Waals surface area contributed by atoms with Crippen molar-refractivity contribution in [3.63, 3.8) is 0 Å². The van der Waals surface area contributed by atoms with Gasteiger partial charge in [0.15, 0.2) is 0 Å². The van der Waals surface area contributed by atoms with Crippen molar-refractivity contribution < 1.29 is 13.3 Å². The average Bonchev–Trinajstić information content (AvgIpc) is 2.62. The highest BCUT2D eigenvalue weighted by Gasteiger charge is 2.22. The SMILES string of the molecule is O=[N+]([O-])c1ccc(S(=O)(=O)c2ccccc2-c2ccncc2)cc1. The molecule has 120 valence electrons. The first-order valence-electron chi connectivity index (χ1n) is 6.99. The smallest absolute Gasteiger partial charge is 0.265 e. The summed E-state index contributed by atoms with van der Waals surface area (Å²) in [5.74, 6) is 0. The number of hydrogen-bond acceptors (Lipinski definition) is 5. The Morgan fingerprint density at radius 1 is 0.875 bits per heavy atom. The lowest BCUT2D eigenvalue weighted by Gasteiger charge is -2.10. The predicted octanol–water partition coefficient (Wildman–Crippen LogP) is 3.49. The predicted molar refractivity (Wildman–Crippen MR) is 88.2 cm³/mol. The van der Waals surface area contributed by atoms with E-state index in [0.29, 0.717) is 5.56 Å². The number of rotatable bonds is 4. The molecule has 7 heteroatoms. The molecule has 3 aromatic rings. The molecule has 0 unspecified atom stereocenters. The van der Waals surface area contributed by atoms with Crippen LogP contribution in [0.3, 0.4) is 0 Å². The largest absolute Gasteiger partial charge is 0.269 e. The second-order valence-electron chi connectivity index (χ2n) is 4.99. The van der Waals surface area contributed by atoms with E-state index in [2.05, 4.69) is 4.98 Å². The second kappa shape index (κ2) is 6.21. The maximum atomic E-state index is 12.9. The number of nitrogens with zero attached hydrogens (tertiary/aromatic N) is 2. The molecule has 0 saturated carbocycles. The Kier molecular flexibility index (Phi) is 4.09. The fraction of sp³-hybridized carbons (Fsp3) is 0. The van der Waals surface area contributed by atoms with E-state index < -0.39 is 14.8 Å². The normalized spacial score (nSPS) is 11.2. The molecular formula is C17H12N2O4S. The molecule has 0 aliphatic heterocycles. The highest BCUT2D eigenvalue weighted by atomic mass is 32.2. The van der Waals surface area contributed by atoms with Crippen LogP contribution in [-0.2, 0) is 9.84 Å². The van der Waals surface area contributed by atoms with Gasteiger partial charge in [0.25, 0.3) is 5.69 Å². The van der Waals surface area contributed by atoms with Crippen LogP contribution in [0.25, 0.3) is 11.1 Å². The highest BCUT2D eigenvalue weighted by Crippen LogP contribution is 2.31. The molecule has 0 atom stereocenters. The zero-order valence-corrected chi connectivity index (χ0v) is 13.2. The molecule has 0 fully saturated rings. The Bertz CT molecular complexity index is 985. The third-order valence-electron chi connectivity index (χ3n) is 3.53. The van der Waals surface area contributed by atoms with Crippen molar-refractivity contribution in [2.24, 2.45) is 0 Å². The van der Waals surface area contributed by atoms with Crippen molar-refractivity contribution in [2.75, 3.05) is 0 Å². The van der Waals surface area contributed by atoms with Crippen molar-refractivity contribution in [2.45, 2.75) is 9.79 Å². The van der Waals surface area contributed by atoms with E-state index in [1.165, 1.54) is 30.3 Å². The lowest BCUT2D eigenvalue weighted by atomic mass is 10.1. The molecule has 1 aromatic heterocycles. The minimum Gasteiger partial charge on any atom is -0.265 e. The van der Waals surface area contributed by atoms with E-state index >= 15 is 0 Å². The van der Waals surface area contributed by atoms with Crippen LogP contribution < -0.4 is 0 Å². The first kappa shape index (κ1) is 15.8. The molecule has 0 aliphatic carbocycles. The summed E-state index contributed by atoms with van der Waals surface area (Å²) >= 11 is 0. The van der Waals surface area contributed by atoms with Gasteiger partial charge in [0.2, 0.25) is 9.84 Å². The first-order chi connectivity index (χ1) is 11.5. The number of aromatic nitrogens is 1. The maximum absolute atomic E-state index is 12.9. The zero-order chi connectivity index (χ0) is 17.2. The summed E-state index contributed by atoms with van der Waals surface area (Å²) in [6.45, 7) is 0. The van der Waals surface area contributed by atoms with E-state index in [-0.39, 0.29) is 15.5 Å². The van der Waals surface area contributed by atoms with Crippen LogP contribution in [0.2, 0.25) is 0 Å². The third kappa shape index (κ3) is 2.89. The molecule has 0 bridgehead atoms. The number of pyridine rings is 1. The van der Waals surface area contributed by atoms with Crippen molar-refractivity contribution in [1.29, 1.82) is 0 Å². The van der Waals surface area contributed by atoms with Crippen LogP contribution in [0.4, 0.5) is 5.69 Å². The molecule has 0 saturated heterocycles. The number of nitro groups is 1. The summed E-state index contributed by atoms with van der Waals surface area (Å²) < 4.78 is 25.8. The number of non-ortho nitro benzene ring substituents is 1. The quantitative estimate of drug-likeness (QED) is 0.535. The Labute approximate surface area is 138 Å². The van der Waals surface area contributed by atoms with Crippen molar-refractivity contribution in [3.05, 3.63) is 83.2 Å². The van der Waals surface area contributed by atoms with Gasteiger partial charge in [-0.15, -0.1) is 0 Å². The van der Waals surface area contributed by atoms with Gasteiger partial charge >= 0.3 is 0 Å². The minimum atomic E-state index is -3.80. The van der Waals surface area contributed by atoms with E-state index in [1.54, 1.807) is 42.7 Å². The van der Waals surface area contributed by atoms with Gasteiger partial charge in [0, 0.05) is 30.1 Å². The first-order valence-corrected chi connectivity index (χ1v) is 8.47. The molecule has 0 spiro atoms. The molecule has 0 aliphatic rings. The second-order valence-corrected chi connectivity index (χ2v) is 6.90. The van der Waals surface area contributed by atoms with Gasteiger partial charge in [-0.25, -0.2) is 8.42 Å². The topological polar surface area (TPSA) is 90.2 Å². The number of hydrogen-bond donors (Lipinski definition) is 0. The van der Waals surface area contributed by atoms with E-state index in [4.69, 9.17) is 0 Å². The van der Waals surface area contributed by atoms with Crippen molar-refractivity contribution in [3.8, 4) is 11.1 Å². The molecule has 2 aromatic carbocycles. The molecule has 6 nitrogen and oxygen atoms in total. The Balaban J connectivity index is 2.13. The highest BCUT2D eigenvalue weighted by molar-refractivity contribution is 7.91. The van der Waals surface area contributed by atoms with Gasteiger partial charge in [0.1, 0.15) is 0 Å². The number of sulfone groups is 1. The van der Waals surface area contributed by atoms with Gasteiger partial charge in [0.05, 0.1) is 14.7 Å². The fourth-order valence-corrected chi connectivity index (χ4v) is 3.83. The lowest BCUT2D eigenvalue weighted by molar-refractivity contribution is -0.384. The average molecular weight is 340 g/mol. The van der Waals surface area contributed by atoms with Crippen LogP contribution in [0.15, 0.2) is 82.8 Å². The summed E-state index contributed by atoms with van der Waals surface area (Å²) in [5.41, 5.74) is 1.13. The van der Waals surface area contributed by atoms with Gasteiger partial charge in [-0.2, -0.15) is 0 Å². The molecule has 0 amide bonds. The summed E-state index contributed by atoms with van der Waals surface area (Å²) in [6, 6.07) is 14.9. The Hall–Kier alpha value is -3.06. The van der Waals surface area contributed by atoms with E-state index in [1.807, 2.05) is 0 Å². The van der Waals surface area contributed by atoms with Crippen LogP contribution in [0.5, 0.6) is 0 Å². The number of nitro benzene ring substituents is 1.